The zero-order valence-corrected chi connectivity index (χ0v) is 19.2. The smallest absolute Gasteiger partial charge is 0.255 e. The molecular weight excluding hydrogens is 462 g/mol. The monoisotopic (exact) mass is 481 g/mol. The fourth-order valence-corrected chi connectivity index (χ4v) is 4.93. The molecule has 9 nitrogen and oxygen atoms in total. The molecule has 0 atom stereocenters. The van der Waals surface area contributed by atoms with Crippen molar-refractivity contribution in [2.24, 2.45) is 0 Å². The molecule has 172 valence electrons. The van der Waals surface area contributed by atoms with E-state index in [1.54, 1.807) is 29.0 Å². The van der Waals surface area contributed by atoms with Crippen LogP contribution in [0.5, 0.6) is 0 Å². The highest BCUT2D eigenvalue weighted by Gasteiger charge is 2.23. The zero-order valence-electron chi connectivity index (χ0n) is 18.4. The van der Waals surface area contributed by atoms with E-state index in [2.05, 4.69) is 30.9 Å². The second kappa shape index (κ2) is 8.73. The molecule has 0 saturated carbocycles. The summed E-state index contributed by atoms with van der Waals surface area (Å²) in [5.74, 6) is 0.197. The molecule has 2 aromatic heterocycles. The second-order valence-electron chi connectivity index (χ2n) is 8.27. The standard InChI is InChI=1S/C25H19N7O2S/c33-24(27-20-3-1-2-16(11-20)23-28-30-31-29-23)17-5-4-15-8-9-32(13-19(15)10-17)25(34)18-6-7-22-21(12-18)26-14-35-22/h1-7,10-12,14H,8-9,13H2,(H,27,33)(H,28,29,30,31). The molecule has 6 rings (SSSR count). The summed E-state index contributed by atoms with van der Waals surface area (Å²) < 4.78 is 1.06. The number of carbonyl (C=O) groups excluding carboxylic acids is 2. The van der Waals surface area contributed by atoms with Crippen LogP contribution in [0, 0.1) is 0 Å². The summed E-state index contributed by atoms with van der Waals surface area (Å²) in [7, 11) is 0. The van der Waals surface area contributed by atoms with Crippen molar-refractivity contribution in [2.75, 3.05) is 11.9 Å². The van der Waals surface area contributed by atoms with Gasteiger partial charge in [0.2, 0.25) is 5.82 Å². The molecule has 0 unspecified atom stereocenters. The van der Waals surface area contributed by atoms with Gasteiger partial charge in [-0.3, -0.25) is 9.59 Å². The van der Waals surface area contributed by atoms with Gasteiger partial charge in [-0.2, -0.15) is 5.21 Å². The lowest BCUT2D eigenvalue weighted by Gasteiger charge is -2.29. The Kier molecular flexibility index (Phi) is 5.27. The molecule has 0 radical (unpaired) electrons. The minimum atomic E-state index is -0.226. The van der Waals surface area contributed by atoms with E-state index in [-0.39, 0.29) is 11.8 Å². The Labute approximate surface area is 203 Å². The quantitative estimate of drug-likeness (QED) is 0.402. The number of nitrogens with one attached hydrogen (secondary N) is 2. The topological polar surface area (TPSA) is 117 Å². The van der Waals surface area contributed by atoms with E-state index >= 15 is 0 Å². The van der Waals surface area contributed by atoms with E-state index in [4.69, 9.17) is 0 Å². The molecular formula is C25H19N7O2S. The first-order valence-electron chi connectivity index (χ1n) is 11.0. The fourth-order valence-electron chi connectivity index (χ4n) is 4.27. The number of rotatable bonds is 4. The third kappa shape index (κ3) is 4.15. The lowest BCUT2D eigenvalue weighted by Crippen LogP contribution is -2.36. The van der Waals surface area contributed by atoms with E-state index in [1.165, 1.54) is 0 Å². The molecule has 0 spiro atoms. The zero-order chi connectivity index (χ0) is 23.8. The number of carbonyl (C=O) groups is 2. The van der Waals surface area contributed by atoms with Crippen LogP contribution >= 0.6 is 11.3 Å². The van der Waals surface area contributed by atoms with Crippen molar-refractivity contribution in [3.63, 3.8) is 0 Å². The maximum Gasteiger partial charge on any atom is 0.255 e. The third-order valence-corrected chi connectivity index (χ3v) is 6.88. The molecule has 3 heterocycles. The average molecular weight is 482 g/mol. The maximum atomic E-state index is 13.2. The van der Waals surface area contributed by atoms with Crippen molar-refractivity contribution in [3.8, 4) is 11.4 Å². The summed E-state index contributed by atoms with van der Waals surface area (Å²) in [6.07, 6.45) is 0.745. The van der Waals surface area contributed by atoms with Crippen molar-refractivity contribution >= 4 is 39.1 Å². The highest BCUT2D eigenvalue weighted by atomic mass is 32.1. The molecule has 1 aliphatic rings. The summed E-state index contributed by atoms with van der Waals surface area (Å²) in [4.78, 5) is 32.3. The first-order chi connectivity index (χ1) is 17.1. The summed E-state index contributed by atoms with van der Waals surface area (Å²) in [6.45, 7) is 1.09. The van der Waals surface area contributed by atoms with Gasteiger partial charge in [0.05, 0.1) is 15.7 Å². The molecule has 3 aromatic carbocycles. The lowest BCUT2D eigenvalue weighted by molar-refractivity contribution is 0.0735. The Bertz CT molecular complexity index is 1560. The minimum absolute atomic E-state index is 0.0290. The number of hydrogen-bond donors (Lipinski definition) is 2. The lowest BCUT2D eigenvalue weighted by atomic mass is 9.96. The van der Waals surface area contributed by atoms with Gasteiger partial charge in [0.1, 0.15) is 0 Å². The number of amides is 2. The van der Waals surface area contributed by atoms with Crippen LogP contribution in [0.15, 0.2) is 66.2 Å². The number of thiazole rings is 1. The van der Waals surface area contributed by atoms with Gasteiger partial charge in [-0.05, 0) is 65.2 Å². The molecule has 1 aliphatic heterocycles. The molecule has 5 aromatic rings. The van der Waals surface area contributed by atoms with Gasteiger partial charge < -0.3 is 10.2 Å². The van der Waals surface area contributed by atoms with Crippen LogP contribution in [0.1, 0.15) is 31.8 Å². The van der Waals surface area contributed by atoms with E-state index in [0.717, 1.165) is 33.3 Å². The Hall–Kier alpha value is -4.44. The van der Waals surface area contributed by atoms with Crippen molar-refractivity contribution < 1.29 is 9.59 Å². The van der Waals surface area contributed by atoms with Crippen LogP contribution in [0.2, 0.25) is 0 Å². The van der Waals surface area contributed by atoms with Gasteiger partial charge in [-0.25, -0.2) is 4.98 Å². The molecule has 0 fully saturated rings. The van der Waals surface area contributed by atoms with Crippen molar-refractivity contribution in [1.29, 1.82) is 0 Å². The van der Waals surface area contributed by atoms with Gasteiger partial charge in [-0.1, -0.05) is 18.2 Å². The highest BCUT2D eigenvalue weighted by molar-refractivity contribution is 7.16. The molecule has 2 N–H and O–H groups in total. The van der Waals surface area contributed by atoms with Gasteiger partial charge in [-0.15, -0.1) is 21.5 Å². The van der Waals surface area contributed by atoms with Crippen molar-refractivity contribution in [2.45, 2.75) is 13.0 Å². The third-order valence-electron chi connectivity index (χ3n) is 6.07. The highest BCUT2D eigenvalue weighted by Crippen LogP contribution is 2.25. The summed E-state index contributed by atoms with van der Waals surface area (Å²) in [5, 5.41) is 16.9. The number of H-pyrrole nitrogens is 1. The second-order valence-corrected chi connectivity index (χ2v) is 9.15. The first kappa shape index (κ1) is 21.1. The number of nitrogens with zero attached hydrogens (tertiary/aromatic N) is 5. The van der Waals surface area contributed by atoms with Crippen molar-refractivity contribution in [1.82, 2.24) is 30.5 Å². The predicted octanol–water partition coefficient (Wildman–Crippen LogP) is 3.93. The maximum absolute atomic E-state index is 13.2. The van der Waals surface area contributed by atoms with Gasteiger partial charge >= 0.3 is 0 Å². The molecule has 0 aliphatic carbocycles. The number of anilines is 1. The van der Waals surface area contributed by atoms with Crippen LogP contribution in [-0.4, -0.2) is 48.9 Å². The summed E-state index contributed by atoms with van der Waals surface area (Å²) in [6, 6.07) is 18.6. The molecule has 0 saturated heterocycles. The average Bonchev–Trinajstić information content (AvgIpc) is 3.60. The van der Waals surface area contributed by atoms with Crippen LogP contribution < -0.4 is 5.32 Å². The van der Waals surface area contributed by atoms with Crippen LogP contribution in [-0.2, 0) is 13.0 Å². The normalized spacial score (nSPS) is 13.0. The van der Waals surface area contributed by atoms with Gasteiger partial charge in [0, 0.05) is 35.5 Å². The predicted molar refractivity (Wildman–Crippen MR) is 132 cm³/mol. The summed E-state index contributed by atoms with van der Waals surface area (Å²) >= 11 is 1.55. The molecule has 0 bridgehead atoms. The number of fused-ring (bicyclic) bond motifs is 2. The molecule has 10 heteroatoms. The van der Waals surface area contributed by atoms with E-state index < -0.39 is 0 Å². The Morgan fingerprint density at radius 2 is 1.91 bits per heavy atom. The van der Waals surface area contributed by atoms with Crippen molar-refractivity contribution in [3.05, 3.63) is 88.4 Å². The molecule has 2 amide bonds. The van der Waals surface area contributed by atoms with Crippen LogP contribution in [0.3, 0.4) is 0 Å². The Morgan fingerprint density at radius 1 is 1.00 bits per heavy atom. The Balaban J connectivity index is 1.19. The summed E-state index contributed by atoms with van der Waals surface area (Å²) in [5.41, 5.74) is 7.28. The van der Waals surface area contributed by atoms with Gasteiger partial charge in [0.25, 0.3) is 11.8 Å². The van der Waals surface area contributed by atoms with Crippen LogP contribution in [0.25, 0.3) is 21.6 Å². The van der Waals surface area contributed by atoms with E-state index in [0.29, 0.717) is 35.7 Å². The number of benzene rings is 3. The number of aromatic amines is 1. The number of tetrazole rings is 1. The SMILES string of the molecule is O=C(Nc1cccc(-c2nn[nH]n2)c1)c1ccc2c(c1)CN(C(=O)c1ccc3scnc3c1)CC2. The van der Waals surface area contributed by atoms with E-state index in [1.807, 2.05) is 53.4 Å². The van der Waals surface area contributed by atoms with Gasteiger partial charge in [0.15, 0.2) is 0 Å². The Morgan fingerprint density at radius 3 is 2.80 bits per heavy atom. The largest absolute Gasteiger partial charge is 0.334 e. The van der Waals surface area contributed by atoms with Crippen LogP contribution in [0.4, 0.5) is 5.69 Å². The minimum Gasteiger partial charge on any atom is -0.334 e. The fraction of sp³-hybridized carbons (Fsp3) is 0.120. The molecule has 35 heavy (non-hydrogen) atoms. The number of hydrogen-bond acceptors (Lipinski definition) is 7. The van der Waals surface area contributed by atoms with E-state index in [9.17, 15) is 9.59 Å². The number of aromatic nitrogens is 5. The first-order valence-corrected chi connectivity index (χ1v) is 11.9.